The van der Waals surface area contributed by atoms with E-state index in [1.165, 1.54) is 0 Å². The number of imide groups is 1. The van der Waals surface area contributed by atoms with Gasteiger partial charge in [-0.1, -0.05) is 0 Å². The number of urea groups is 1. The van der Waals surface area contributed by atoms with Crippen molar-refractivity contribution >= 4 is 12.1 Å². The Bertz CT molecular complexity index is 628. The summed E-state index contributed by atoms with van der Waals surface area (Å²) in [6.07, 6.45) is -0.989. The number of carbonyl (C=O) groups is 2. The van der Waals surface area contributed by atoms with Crippen molar-refractivity contribution in [2.75, 3.05) is 6.54 Å². The first-order chi connectivity index (χ1) is 10.1. The maximum atomic E-state index is 13.9. The van der Waals surface area contributed by atoms with E-state index in [1.807, 2.05) is 0 Å². The molecule has 1 heterocycles. The molecule has 3 amide bonds. The molecule has 1 atom stereocenters. The lowest BCUT2D eigenvalue weighted by Gasteiger charge is -2.26. The summed E-state index contributed by atoms with van der Waals surface area (Å²) in [6.45, 7) is 4.68. The highest BCUT2D eigenvalue weighted by molar-refractivity contribution is 5.93. The summed E-state index contributed by atoms with van der Waals surface area (Å²) in [5.41, 5.74) is -1.17. The molecule has 22 heavy (non-hydrogen) atoms. The summed E-state index contributed by atoms with van der Waals surface area (Å²) >= 11 is 0. The van der Waals surface area contributed by atoms with Crippen LogP contribution in [0.15, 0.2) is 12.1 Å². The van der Waals surface area contributed by atoms with Gasteiger partial charge in [-0.05, 0) is 26.8 Å². The topological polar surface area (TPSA) is 58.6 Å². The van der Waals surface area contributed by atoms with Crippen molar-refractivity contribution in [3.63, 3.8) is 0 Å². The minimum absolute atomic E-state index is 0.125. The molecule has 0 bridgehead atoms. The van der Waals surface area contributed by atoms with Crippen LogP contribution in [0.1, 0.15) is 32.4 Å². The molecule has 1 fully saturated rings. The zero-order chi connectivity index (χ0) is 16.7. The van der Waals surface area contributed by atoms with E-state index < -0.39 is 41.2 Å². The van der Waals surface area contributed by atoms with Crippen molar-refractivity contribution in [3.05, 3.63) is 35.1 Å². The fraction of sp³-hybridized carbons (Fsp3) is 0.429. The molecule has 1 unspecified atom stereocenters. The van der Waals surface area contributed by atoms with Crippen LogP contribution in [0.4, 0.5) is 22.8 Å². The van der Waals surface area contributed by atoms with E-state index in [9.17, 15) is 22.8 Å². The van der Waals surface area contributed by atoms with Gasteiger partial charge in [-0.2, -0.15) is 0 Å². The lowest BCUT2D eigenvalue weighted by Crippen LogP contribution is -2.40. The van der Waals surface area contributed by atoms with Crippen LogP contribution in [-0.2, 0) is 4.74 Å². The van der Waals surface area contributed by atoms with Crippen molar-refractivity contribution in [1.82, 2.24) is 10.2 Å². The molecule has 0 aliphatic carbocycles. The highest BCUT2D eigenvalue weighted by atomic mass is 19.2. The number of hydrogen-bond donors (Lipinski definition) is 1. The Morgan fingerprint density at radius 3 is 2.41 bits per heavy atom. The number of nitrogens with zero attached hydrogens (tertiary/aromatic N) is 1. The van der Waals surface area contributed by atoms with Gasteiger partial charge >= 0.3 is 12.1 Å². The lowest BCUT2D eigenvalue weighted by atomic mass is 10.1. The summed E-state index contributed by atoms with van der Waals surface area (Å²) in [5.74, 6) is -3.66. The van der Waals surface area contributed by atoms with Crippen LogP contribution < -0.4 is 5.32 Å². The summed E-state index contributed by atoms with van der Waals surface area (Å²) in [4.78, 5) is 24.5. The van der Waals surface area contributed by atoms with E-state index in [0.717, 1.165) is 0 Å². The Hall–Kier alpha value is -2.25. The first-order valence-corrected chi connectivity index (χ1v) is 6.54. The van der Waals surface area contributed by atoms with Crippen LogP contribution in [-0.4, -0.2) is 29.2 Å². The third-order valence-corrected chi connectivity index (χ3v) is 2.97. The van der Waals surface area contributed by atoms with E-state index >= 15 is 0 Å². The standard InChI is InChI=1S/C14H15F3N2O3/c1-14(2,3)22-13(21)19-11(6-18-12(19)20)7-4-9(16)10(17)5-8(7)15/h4-5,11H,6H2,1-3H3,(H,18,20). The van der Waals surface area contributed by atoms with Crippen LogP contribution >= 0.6 is 0 Å². The van der Waals surface area contributed by atoms with Crippen LogP contribution in [0.5, 0.6) is 0 Å². The normalized spacial score (nSPS) is 18.4. The van der Waals surface area contributed by atoms with Gasteiger partial charge in [0.2, 0.25) is 0 Å². The second-order valence-electron chi connectivity index (χ2n) is 5.84. The Balaban J connectivity index is 2.36. The summed E-state index contributed by atoms with van der Waals surface area (Å²) in [6, 6.07) is -0.894. The van der Waals surface area contributed by atoms with E-state index in [4.69, 9.17) is 4.74 Å². The van der Waals surface area contributed by atoms with E-state index in [1.54, 1.807) is 20.8 Å². The average Bonchev–Trinajstić information content (AvgIpc) is 2.73. The van der Waals surface area contributed by atoms with Gasteiger partial charge in [0.1, 0.15) is 11.4 Å². The van der Waals surface area contributed by atoms with Crippen LogP contribution in [0.2, 0.25) is 0 Å². The number of amides is 3. The largest absolute Gasteiger partial charge is 0.443 e. The number of hydrogen-bond acceptors (Lipinski definition) is 3. The predicted molar refractivity (Wildman–Crippen MR) is 70.5 cm³/mol. The van der Waals surface area contributed by atoms with Gasteiger partial charge in [0.25, 0.3) is 0 Å². The van der Waals surface area contributed by atoms with Gasteiger partial charge in [0, 0.05) is 18.2 Å². The summed E-state index contributed by atoms with van der Waals surface area (Å²) in [7, 11) is 0. The third-order valence-electron chi connectivity index (χ3n) is 2.97. The highest BCUT2D eigenvalue weighted by Crippen LogP contribution is 2.29. The smallest absolute Gasteiger partial charge is 0.419 e. The van der Waals surface area contributed by atoms with Gasteiger partial charge in [-0.3, -0.25) is 0 Å². The van der Waals surface area contributed by atoms with Crippen LogP contribution in [0.25, 0.3) is 0 Å². The van der Waals surface area contributed by atoms with Gasteiger partial charge < -0.3 is 10.1 Å². The fourth-order valence-electron chi connectivity index (χ4n) is 2.07. The van der Waals surface area contributed by atoms with Gasteiger partial charge in [-0.25, -0.2) is 27.7 Å². The maximum Gasteiger partial charge on any atom is 0.419 e. The zero-order valence-corrected chi connectivity index (χ0v) is 12.2. The number of ether oxygens (including phenoxy) is 1. The Morgan fingerprint density at radius 1 is 1.23 bits per heavy atom. The Morgan fingerprint density at radius 2 is 1.82 bits per heavy atom. The second-order valence-corrected chi connectivity index (χ2v) is 5.84. The number of carbonyl (C=O) groups excluding carboxylic acids is 2. The predicted octanol–water partition coefficient (Wildman–Crippen LogP) is 3.11. The molecule has 1 saturated heterocycles. The second kappa shape index (κ2) is 5.51. The maximum absolute atomic E-state index is 13.9. The molecule has 1 aliphatic heterocycles. The van der Waals surface area contributed by atoms with Crippen molar-refractivity contribution in [3.8, 4) is 0 Å². The van der Waals surface area contributed by atoms with Gasteiger partial charge in [-0.15, -0.1) is 0 Å². The number of benzene rings is 1. The lowest BCUT2D eigenvalue weighted by molar-refractivity contribution is 0.0296. The summed E-state index contributed by atoms with van der Waals surface area (Å²) in [5, 5.41) is 2.35. The van der Waals surface area contributed by atoms with Crippen molar-refractivity contribution < 1.29 is 27.5 Å². The molecule has 8 heteroatoms. The van der Waals surface area contributed by atoms with E-state index in [2.05, 4.69) is 5.32 Å². The number of nitrogens with one attached hydrogen (secondary N) is 1. The molecule has 120 valence electrons. The molecule has 1 aliphatic rings. The summed E-state index contributed by atoms with van der Waals surface area (Å²) < 4.78 is 45.3. The number of rotatable bonds is 1. The molecule has 1 aromatic rings. The van der Waals surface area contributed by atoms with Crippen LogP contribution in [0, 0.1) is 17.5 Å². The van der Waals surface area contributed by atoms with Crippen molar-refractivity contribution in [1.29, 1.82) is 0 Å². The van der Waals surface area contributed by atoms with E-state index in [0.29, 0.717) is 17.0 Å². The quantitative estimate of drug-likeness (QED) is 0.810. The van der Waals surface area contributed by atoms with Crippen molar-refractivity contribution in [2.45, 2.75) is 32.4 Å². The van der Waals surface area contributed by atoms with Gasteiger partial charge in [0.05, 0.1) is 6.04 Å². The molecule has 2 rings (SSSR count). The monoisotopic (exact) mass is 316 g/mol. The molecule has 0 aromatic heterocycles. The fourth-order valence-corrected chi connectivity index (χ4v) is 2.07. The molecule has 1 N–H and O–H groups in total. The SMILES string of the molecule is CC(C)(C)OC(=O)N1C(=O)NCC1c1cc(F)c(F)cc1F. The minimum atomic E-state index is -1.35. The van der Waals surface area contributed by atoms with Gasteiger partial charge in [0.15, 0.2) is 11.6 Å². The highest BCUT2D eigenvalue weighted by Gasteiger charge is 2.40. The Labute approximate surface area is 125 Å². The first kappa shape index (κ1) is 16.1. The molecule has 0 saturated carbocycles. The first-order valence-electron chi connectivity index (χ1n) is 6.54. The average molecular weight is 316 g/mol. The van der Waals surface area contributed by atoms with Crippen molar-refractivity contribution in [2.24, 2.45) is 0 Å². The number of halogens is 3. The molecular formula is C14H15F3N2O3. The van der Waals surface area contributed by atoms with Crippen LogP contribution in [0.3, 0.4) is 0 Å². The molecule has 5 nitrogen and oxygen atoms in total. The minimum Gasteiger partial charge on any atom is -0.443 e. The molecule has 0 radical (unpaired) electrons. The molecular weight excluding hydrogens is 301 g/mol. The third kappa shape index (κ3) is 3.15. The van der Waals surface area contributed by atoms with E-state index in [-0.39, 0.29) is 12.1 Å². The molecule has 0 spiro atoms. The molecule has 1 aromatic carbocycles. The zero-order valence-electron chi connectivity index (χ0n) is 12.2. The Kier molecular flexibility index (Phi) is 4.04.